The molecule has 2 heterocycles. The van der Waals surface area contributed by atoms with E-state index in [1.807, 2.05) is 38.1 Å². The SMILES string of the molecule is Cc1ccc(NC(=O)COC(=O)c2cn3c(C)cccc3n2)cc1. The van der Waals surface area contributed by atoms with Crippen LogP contribution in [0.15, 0.2) is 48.7 Å². The molecule has 0 saturated heterocycles. The van der Waals surface area contributed by atoms with E-state index in [4.69, 9.17) is 4.74 Å². The molecule has 0 fully saturated rings. The molecule has 3 aromatic rings. The summed E-state index contributed by atoms with van der Waals surface area (Å²) in [5.41, 5.74) is 3.54. The van der Waals surface area contributed by atoms with Gasteiger partial charge in [-0.25, -0.2) is 9.78 Å². The molecule has 122 valence electrons. The molecule has 6 nitrogen and oxygen atoms in total. The van der Waals surface area contributed by atoms with E-state index in [0.717, 1.165) is 11.3 Å². The lowest BCUT2D eigenvalue weighted by atomic mass is 10.2. The summed E-state index contributed by atoms with van der Waals surface area (Å²) in [5, 5.41) is 2.67. The van der Waals surface area contributed by atoms with Crippen molar-refractivity contribution in [2.75, 3.05) is 11.9 Å². The second-order valence-electron chi connectivity index (χ2n) is 5.51. The van der Waals surface area contributed by atoms with Crippen molar-refractivity contribution in [3.05, 3.63) is 65.6 Å². The van der Waals surface area contributed by atoms with E-state index in [9.17, 15) is 9.59 Å². The highest BCUT2D eigenvalue weighted by molar-refractivity contribution is 5.95. The van der Waals surface area contributed by atoms with E-state index in [0.29, 0.717) is 11.3 Å². The molecule has 0 bridgehead atoms. The van der Waals surface area contributed by atoms with Crippen molar-refractivity contribution in [3.8, 4) is 0 Å². The van der Waals surface area contributed by atoms with E-state index < -0.39 is 11.9 Å². The minimum atomic E-state index is -0.628. The van der Waals surface area contributed by atoms with Crippen LogP contribution in [-0.2, 0) is 9.53 Å². The van der Waals surface area contributed by atoms with Crippen LogP contribution in [0.25, 0.3) is 5.65 Å². The molecule has 0 aliphatic carbocycles. The first-order valence-corrected chi connectivity index (χ1v) is 7.51. The molecule has 0 saturated carbocycles. The normalized spacial score (nSPS) is 10.6. The third-order valence-electron chi connectivity index (χ3n) is 3.57. The Morgan fingerprint density at radius 1 is 1.12 bits per heavy atom. The third kappa shape index (κ3) is 3.43. The summed E-state index contributed by atoms with van der Waals surface area (Å²) in [6, 6.07) is 12.9. The smallest absolute Gasteiger partial charge is 0.359 e. The molecule has 0 aliphatic rings. The van der Waals surface area contributed by atoms with Crippen molar-refractivity contribution < 1.29 is 14.3 Å². The highest BCUT2D eigenvalue weighted by Gasteiger charge is 2.14. The van der Waals surface area contributed by atoms with Crippen molar-refractivity contribution >= 4 is 23.2 Å². The molecule has 0 unspecified atom stereocenters. The standard InChI is InChI=1S/C18H17N3O3/c1-12-6-8-14(9-7-12)19-17(22)11-24-18(23)15-10-21-13(2)4-3-5-16(21)20-15/h3-10H,11H2,1-2H3,(H,19,22). The molecule has 1 aromatic carbocycles. The molecule has 1 amide bonds. The first-order chi connectivity index (χ1) is 11.5. The fourth-order valence-corrected chi connectivity index (χ4v) is 2.29. The number of anilines is 1. The fraction of sp³-hybridized carbons (Fsp3) is 0.167. The Bertz CT molecular complexity index is 898. The van der Waals surface area contributed by atoms with Gasteiger partial charge in [-0.05, 0) is 38.1 Å². The van der Waals surface area contributed by atoms with Crippen LogP contribution < -0.4 is 5.32 Å². The number of ether oxygens (including phenoxy) is 1. The van der Waals surface area contributed by atoms with Crippen molar-refractivity contribution in [3.63, 3.8) is 0 Å². The maximum Gasteiger partial charge on any atom is 0.359 e. The van der Waals surface area contributed by atoms with Crippen molar-refractivity contribution in [1.29, 1.82) is 0 Å². The number of rotatable bonds is 4. The van der Waals surface area contributed by atoms with E-state index in [2.05, 4.69) is 10.3 Å². The summed E-state index contributed by atoms with van der Waals surface area (Å²) in [4.78, 5) is 28.1. The third-order valence-corrected chi connectivity index (χ3v) is 3.57. The minimum absolute atomic E-state index is 0.174. The summed E-state index contributed by atoms with van der Waals surface area (Å²) in [6.07, 6.45) is 1.60. The molecule has 2 aromatic heterocycles. The van der Waals surface area contributed by atoms with Gasteiger partial charge in [0.1, 0.15) is 5.65 Å². The summed E-state index contributed by atoms with van der Waals surface area (Å²) in [5.74, 6) is -1.02. The summed E-state index contributed by atoms with van der Waals surface area (Å²) in [6.45, 7) is 3.52. The molecule has 0 spiro atoms. The quantitative estimate of drug-likeness (QED) is 0.749. The van der Waals surface area contributed by atoms with Crippen LogP contribution in [0.4, 0.5) is 5.69 Å². The topological polar surface area (TPSA) is 72.7 Å². The number of esters is 1. The average Bonchev–Trinajstić information content (AvgIpc) is 3.00. The summed E-state index contributed by atoms with van der Waals surface area (Å²) >= 11 is 0. The second kappa shape index (κ2) is 6.54. The number of imidazole rings is 1. The monoisotopic (exact) mass is 323 g/mol. The van der Waals surface area contributed by atoms with Gasteiger partial charge in [0.05, 0.1) is 0 Å². The highest BCUT2D eigenvalue weighted by atomic mass is 16.5. The molecule has 3 rings (SSSR count). The van der Waals surface area contributed by atoms with Gasteiger partial charge in [0, 0.05) is 17.6 Å². The zero-order valence-electron chi connectivity index (χ0n) is 13.4. The van der Waals surface area contributed by atoms with Gasteiger partial charge in [0.2, 0.25) is 0 Å². The van der Waals surface area contributed by atoms with Crippen molar-refractivity contribution in [2.24, 2.45) is 0 Å². The Hall–Kier alpha value is -3.15. The minimum Gasteiger partial charge on any atom is -0.451 e. The number of nitrogens with zero attached hydrogens (tertiary/aromatic N) is 2. The Balaban J connectivity index is 1.60. The molecule has 6 heteroatoms. The fourth-order valence-electron chi connectivity index (χ4n) is 2.29. The molecular weight excluding hydrogens is 306 g/mol. The number of aromatic nitrogens is 2. The largest absolute Gasteiger partial charge is 0.451 e. The average molecular weight is 323 g/mol. The molecule has 24 heavy (non-hydrogen) atoms. The number of hydrogen-bond donors (Lipinski definition) is 1. The lowest BCUT2D eigenvalue weighted by Gasteiger charge is -2.05. The predicted octanol–water partition coefficient (Wildman–Crippen LogP) is 2.75. The first-order valence-electron chi connectivity index (χ1n) is 7.51. The Labute approximate surface area is 139 Å². The van der Waals surface area contributed by atoms with Gasteiger partial charge < -0.3 is 14.5 Å². The number of carbonyl (C=O) groups excluding carboxylic acids is 2. The molecule has 0 aliphatic heterocycles. The van der Waals surface area contributed by atoms with E-state index >= 15 is 0 Å². The predicted molar refractivity (Wildman–Crippen MR) is 90.0 cm³/mol. The van der Waals surface area contributed by atoms with E-state index in [1.165, 1.54) is 0 Å². The van der Waals surface area contributed by atoms with Gasteiger partial charge in [-0.15, -0.1) is 0 Å². The molecular formula is C18H17N3O3. The lowest BCUT2D eigenvalue weighted by Crippen LogP contribution is -2.21. The second-order valence-corrected chi connectivity index (χ2v) is 5.51. The van der Waals surface area contributed by atoms with Crippen molar-refractivity contribution in [1.82, 2.24) is 9.38 Å². The first kappa shape index (κ1) is 15.7. The van der Waals surface area contributed by atoms with Crippen LogP contribution in [0.2, 0.25) is 0 Å². The number of aryl methyl sites for hydroxylation is 2. The van der Waals surface area contributed by atoms with Crippen LogP contribution in [-0.4, -0.2) is 27.9 Å². The van der Waals surface area contributed by atoms with Gasteiger partial charge in [-0.1, -0.05) is 23.8 Å². The highest BCUT2D eigenvalue weighted by Crippen LogP contribution is 2.10. The molecule has 0 radical (unpaired) electrons. The number of amides is 1. The van der Waals surface area contributed by atoms with E-state index in [1.54, 1.807) is 28.8 Å². The number of pyridine rings is 1. The lowest BCUT2D eigenvalue weighted by molar-refractivity contribution is -0.119. The van der Waals surface area contributed by atoms with Crippen LogP contribution >= 0.6 is 0 Å². The number of nitrogens with one attached hydrogen (secondary N) is 1. The molecule has 1 N–H and O–H groups in total. The van der Waals surface area contributed by atoms with E-state index in [-0.39, 0.29) is 12.3 Å². The van der Waals surface area contributed by atoms with Gasteiger partial charge in [0.25, 0.3) is 5.91 Å². The Morgan fingerprint density at radius 3 is 2.58 bits per heavy atom. The van der Waals surface area contributed by atoms with Crippen molar-refractivity contribution in [2.45, 2.75) is 13.8 Å². The summed E-state index contributed by atoms with van der Waals surface area (Å²) < 4.78 is 6.82. The van der Waals surface area contributed by atoms with Crippen LogP contribution in [0.1, 0.15) is 21.7 Å². The van der Waals surface area contributed by atoms with Crippen LogP contribution in [0.3, 0.4) is 0 Å². The van der Waals surface area contributed by atoms with Gasteiger partial charge in [0.15, 0.2) is 12.3 Å². The van der Waals surface area contributed by atoms with Gasteiger partial charge in [-0.3, -0.25) is 4.79 Å². The van der Waals surface area contributed by atoms with Crippen LogP contribution in [0.5, 0.6) is 0 Å². The van der Waals surface area contributed by atoms with Gasteiger partial charge >= 0.3 is 5.97 Å². The number of carbonyl (C=O) groups is 2. The molecule has 0 atom stereocenters. The maximum atomic E-state index is 12.0. The van der Waals surface area contributed by atoms with Crippen LogP contribution in [0, 0.1) is 13.8 Å². The number of benzene rings is 1. The number of fused-ring (bicyclic) bond motifs is 1. The Kier molecular flexibility index (Phi) is 4.29. The Morgan fingerprint density at radius 2 is 1.88 bits per heavy atom. The zero-order chi connectivity index (χ0) is 17.1. The zero-order valence-corrected chi connectivity index (χ0v) is 13.4. The summed E-state index contributed by atoms with van der Waals surface area (Å²) in [7, 11) is 0. The number of hydrogen-bond acceptors (Lipinski definition) is 4. The maximum absolute atomic E-state index is 12.0. The van der Waals surface area contributed by atoms with Gasteiger partial charge in [-0.2, -0.15) is 0 Å².